The Kier molecular flexibility index (Phi) is 3.22. The summed E-state index contributed by atoms with van der Waals surface area (Å²) >= 11 is 0. The van der Waals surface area contributed by atoms with Gasteiger partial charge < -0.3 is 11.1 Å². The fourth-order valence-corrected chi connectivity index (χ4v) is 1.49. The van der Waals surface area contributed by atoms with Crippen LogP contribution in [0.15, 0.2) is 42.6 Å². The largest absolute Gasteiger partial charge is 0.395 e. The van der Waals surface area contributed by atoms with Gasteiger partial charge in [0.25, 0.3) is 0 Å². The molecule has 4 nitrogen and oxygen atoms in total. The molecule has 0 atom stereocenters. The van der Waals surface area contributed by atoms with Crippen LogP contribution in [0.1, 0.15) is 11.1 Å². The molecule has 0 saturated heterocycles. The summed E-state index contributed by atoms with van der Waals surface area (Å²) in [7, 11) is 0. The Balaban J connectivity index is 2.13. The molecule has 84 valence electrons. The van der Waals surface area contributed by atoms with Crippen molar-refractivity contribution in [2.45, 2.75) is 6.54 Å². The average Bonchev–Trinajstić information content (AvgIpc) is 2.39. The minimum absolute atomic E-state index is 0.394. The molecule has 0 fully saturated rings. The SMILES string of the molecule is N#Cc1ccnc(NCc2ccccc2)c1N. The number of hydrogen-bond donors (Lipinski definition) is 2. The summed E-state index contributed by atoms with van der Waals surface area (Å²) < 4.78 is 0. The molecule has 17 heavy (non-hydrogen) atoms. The van der Waals surface area contributed by atoms with Crippen LogP contribution in [0.4, 0.5) is 11.5 Å². The third-order valence-corrected chi connectivity index (χ3v) is 2.41. The van der Waals surface area contributed by atoms with Crippen molar-refractivity contribution in [2.75, 3.05) is 11.1 Å². The van der Waals surface area contributed by atoms with Crippen LogP contribution in [-0.4, -0.2) is 4.98 Å². The zero-order valence-corrected chi connectivity index (χ0v) is 9.22. The summed E-state index contributed by atoms with van der Waals surface area (Å²) in [4.78, 5) is 4.11. The van der Waals surface area contributed by atoms with Gasteiger partial charge in [-0.2, -0.15) is 5.26 Å². The number of pyridine rings is 1. The fraction of sp³-hybridized carbons (Fsp3) is 0.0769. The molecule has 1 aromatic heterocycles. The molecule has 2 rings (SSSR count). The van der Waals surface area contributed by atoms with Crippen LogP contribution < -0.4 is 11.1 Å². The number of aromatic nitrogens is 1. The molecule has 1 aromatic carbocycles. The Morgan fingerprint density at radius 1 is 1.24 bits per heavy atom. The quantitative estimate of drug-likeness (QED) is 0.837. The molecule has 0 radical (unpaired) electrons. The summed E-state index contributed by atoms with van der Waals surface area (Å²) in [6.07, 6.45) is 1.57. The first-order chi connectivity index (χ1) is 8.31. The predicted octanol–water partition coefficient (Wildman–Crippen LogP) is 2.15. The van der Waals surface area contributed by atoms with E-state index in [1.54, 1.807) is 12.3 Å². The Hall–Kier alpha value is -2.54. The second-order valence-electron chi connectivity index (χ2n) is 3.57. The lowest BCUT2D eigenvalue weighted by molar-refractivity contribution is 1.11. The van der Waals surface area contributed by atoms with Gasteiger partial charge in [-0.1, -0.05) is 30.3 Å². The topological polar surface area (TPSA) is 74.7 Å². The number of rotatable bonds is 3. The lowest BCUT2D eigenvalue weighted by atomic mass is 10.2. The molecule has 0 aliphatic carbocycles. The first-order valence-electron chi connectivity index (χ1n) is 5.23. The van der Waals surface area contributed by atoms with E-state index >= 15 is 0 Å². The van der Waals surface area contributed by atoms with Crippen molar-refractivity contribution in [1.82, 2.24) is 4.98 Å². The molecule has 0 saturated carbocycles. The molecule has 3 N–H and O–H groups in total. The molecule has 0 aliphatic heterocycles. The summed E-state index contributed by atoms with van der Waals surface area (Å²) in [6, 6.07) is 13.6. The molecule has 0 bridgehead atoms. The van der Waals surface area contributed by atoms with Gasteiger partial charge in [-0.3, -0.25) is 0 Å². The zero-order chi connectivity index (χ0) is 12.1. The number of anilines is 2. The molecule has 2 aromatic rings. The van der Waals surface area contributed by atoms with Gasteiger partial charge in [0.1, 0.15) is 6.07 Å². The second kappa shape index (κ2) is 4.99. The number of nitrogen functional groups attached to an aromatic ring is 1. The third-order valence-electron chi connectivity index (χ3n) is 2.41. The smallest absolute Gasteiger partial charge is 0.150 e. The number of nitrogens with two attached hydrogens (primary N) is 1. The molecule has 0 amide bonds. The van der Waals surface area contributed by atoms with Crippen molar-refractivity contribution in [3.05, 3.63) is 53.7 Å². The molecule has 0 spiro atoms. The molecule has 1 heterocycles. The van der Waals surface area contributed by atoms with Crippen LogP contribution in [0, 0.1) is 11.3 Å². The van der Waals surface area contributed by atoms with Gasteiger partial charge in [-0.05, 0) is 11.6 Å². The van der Waals surface area contributed by atoms with Gasteiger partial charge in [0.2, 0.25) is 0 Å². The van der Waals surface area contributed by atoms with Crippen molar-refractivity contribution in [3.8, 4) is 6.07 Å². The zero-order valence-electron chi connectivity index (χ0n) is 9.22. The summed E-state index contributed by atoms with van der Waals surface area (Å²) in [5, 5.41) is 12.0. The first-order valence-corrected chi connectivity index (χ1v) is 5.23. The Bertz CT molecular complexity index is 543. The highest BCUT2D eigenvalue weighted by atomic mass is 15.0. The average molecular weight is 224 g/mol. The van der Waals surface area contributed by atoms with E-state index in [0.29, 0.717) is 23.6 Å². The van der Waals surface area contributed by atoms with Crippen LogP contribution in [0.5, 0.6) is 0 Å². The number of nitrogens with zero attached hydrogens (tertiary/aromatic N) is 2. The number of hydrogen-bond acceptors (Lipinski definition) is 4. The highest BCUT2D eigenvalue weighted by molar-refractivity contribution is 5.68. The maximum absolute atomic E-state index is 8.84. The van der Waals surface area contributed by atoms with Gasteiger partial charge in [0.15, 0.2) is 5.82 Å². The second-order valence-corrected chi connectivity index (χ2v) is 3.57. The summed E-state index contributed by atoms with van der Waals surface area (Å²) in [5.41, 5.74) is 7.78. The van der Waals surface area contributed by atoms with Crippen molar-refractivity contribution in [3.63, 3.8) is 0 Å². The van der Waals surface area contributed by atoms with Crippen LogP contribution >= 0.6 is 0 Å². The van der Waals surface area contributed by atoms with E-state index in [-0.39, 0.29) is 0 Å². The van der Waals surface area contributed by atoms with E-state index in [1.807, 2.05) is 36.4 Å². The van der Waals surface area contributed by atoms with Gasteiger partial charge in [-0.25, -0.2) is 4.98 Å². The standard InChI is InChI=1S/C13H12N4/c14-8-11-6-7-16-13(12(11)15)17-9-10-4-2-1-3-5-10/h1-7H,9,15H2,(H,16,17). The lowest BCUT2D eigenvalue weighted by Crippen LogP contribution is -2.05. The molecule has 4 heteroatoms. The van der Waals surface area contributed by atoms with Gasteiger partial charge in [-0.15, -0.1) is 0 Å². The monoisotopic (exact) mass is 224 g/mol. The molecular weight excluding hydrogens is 212 g/mol. The van der Waals surface area contributed by atoms with Crippen LogP contribution in [0.3, 0.4) is 0 Å². The number of benzene rings is 1. The van der Waals surface area contributed by atoms with Gasteiger partial charge in [0.05, 0.1) is 11.3 Å². The molecule has 0 unspecified atom stereocenters. The van der Waals surface area contributed by atoms with Crippen molar-refractivity contribution < 1.29 is 0 Å². The van der Waals surface area contributed by atoms with E-state index in [0.717, 1.165) is 5.56 Å². The van der Waals surface area contributed by atoms with E-state index in [4.69, 9.17) is 11.0 Å². The van der Waals surface area contributed by atoms with E-state index < -0.39 is 0 Å². The highest BCUT2D eigenvalue weighted by Gasteiger charge is 2.04. The Morgan fingerprint density at radius 3 is 2.71 bits per heavy atom. The van der Waals surface area contributed by atoms with E-state index in [2.05, 4.69) is 10.3 Å². The van der Waals surface area contributed by atoms with Crippen molar-refractivity contribution >= 4 is 11.5 Å². The van der Waals surface area contributed by atoms with Crippen molar-refractivity contribution in [1.29, 1.82) is 5.26 Å². The van der Waals surface area contributed by atoms with E-state index in [9.17, 15) is 0 Å². The molecular formula is C13H12N4. The van der Waals surface area contributed by atoms with Gasteiger partial charge >= 0.3 is 0 Å². The van der Waals surface area contributed by atoms with Crippen molar-refractivity contribution in [2.24, 2.45) is 0 Å². The maximum atomic E-state index is 8.84. The van der Waals surface area contributed by atoms with Gasteiger partial charge in [0, 0.05) is 12.7 Å². The normalized spacial score (nSPS) is 9.59. The number of nitriles is 1. The van der Waals surface area contributed by atoms with Crippen LogP contribution in [0.2, 0.25) is 0 Å². The first kappa shape index (κ1) is 11.0. The Labute approximate surface area is 99.7 Å². The minimum atomic E-state index is 0.394. The van der Waals surface area contributed by atoms with Crippen LogP contribution in [-0.2, 0) is 6.54 Å². The highest BCUT2D eigenvalue weighted by Crippen LogP contribution is 2.19. The Morgan fingerprint density at radius 2 is 2.00 bits per heavy atom. The molecule has 0 aliphatic rings. The summed E-state index contributed by atoms with van der Waals surface area (Å²) in [5.74, 6) is 0.549. The maximum Gasteiger partial charge on any atom is 0.150 e. The third kappa shape index (κ3) is 2.52. The lowest BCUT2D eigenvalue weighted by Gasteiger charge is -2.08. The number of nitrogens with one attached hydrogen (secondary N) is 1. The van der Waals surface area contributed by atoms with Crippen LogP contribution in [0.25, 0.3) is 0 Å². The fourth-order valence-electron chi connectivity index (χ4n) is 1.49. The van der Waals surface area contributed by atoms with E-state index in [1.165, 1.54) is 0 Å². The predicted molar refractivity (Wildman–Crippen MR) is 67.1 cm³/mol. The summed E-state index contributed by atoms with van der Waals surface area (Å²) in [6.45, 7) is 0.632. The minimum Gasteiger partial charge on any atom is -0.395 e.